The maximum absolute atomic E-state index is 13.4. The zero-order chi connectivity index (χ0) is 30.2. The van der Waals surface area contributed by atoms with E-state index in [4.69, 9.17) is 4.99 Å². The minimum Gasteiger partial charge on any atom is -0.367 e. The van der Waals surface area contributed by atoms with E-state index in [-0.39, 0.29) is 60.2 Å². The molecule has 0 saturated carbocycles. The van der Waals surface area contributed by atoms with E-state index in [9.17, 15) is 19.2 Å². The molecule has 0 bridgehead atoms. The first-order chi connectivity index (χ1) is 20.9. The summed E-state index contributed by atoms with van der Waals surface area (Å²) in [4.78, 5) is 76.4. The number of allylic oxidation sites excluding steroid dienone is 2. The number of rotatable bonds is 12. The van der Waals surface area contributed by atoms with Gasteiger partial charge in [0.1, 0.15) is 11.4 Å². The van der Waals surface area contributed by atoms with E-state index in [0.717, 1.165) is 0 Å². The van der Waals surface area contributed by atoms with Gasteiger partial charge in [0, 0.05) is 73.2 Å². The largest absolute Gasteiger partial charge is 0.367 e. The van der Waals surface area contributed by atoms with Crippen LogP contribution in [0.5, 0.6) is 0 Å². The van der Waals surface area contributed by atoms with Crippen molar-refractivity contribution in [3.8, 4) is 0 Å². The molecular formula is C33H28N6O4. The van der Waals surface area contributed by atoms with Crippen molar-refractivity contribution in [2.24, 2.45) is 4.99 Å². The molecule has 0 amide bonds. The summed E-state index contributed by atoms with van der Waals surface area (Å²) >= 11 is 0. The number of carbonyl (C=O) groups excluding carboxylic acids is 4. The molecule has 0 radical (unpaired) electrons. The molecule has 0 aromatic carbocycles. The second kappa shape index (κ2) is 13.4. The minimum absolute atomic E-state index is 0.0115. The molecule has 0 N–H and O–H groups in total. The van der Waals surface area contributed by atoms with Crippen LogP contribution in [-0.4, -0.2) is 66.8 Å². The van der Waals surface area contributed by atoms with Crippen LogP contribution in [0.15, 0.2) is 114 Å². The summed E-state index contributed by atoms with van der Waals surface area (Å²) in [6.07, 6.45) is 8.83. The molecule has 0 fully saturated rings. The van der Waals surface area contributed by atoms with Crippen molar-refractivity contribution < 1.29 is 19.2 Å². The van der Waals surface area contributed by atoms with Gasteiger partial charge in [-0.05, 0) is 48.5 Å². The molecule has 0 aliphatic carbocycles. The first-order valence-electron chi connectivity index (χ1n) is 13.7. The normalized spacial score (nSPS) is 14.7. The molecule has 1 atom stereocenters. The van der Waals surface area contributed by atoms with E-state index in [1.807, 2.05) is 0 Å². The summed E-state index contributed by atoms with van der Waals surface area (Å²) in [5.41, 5.74) is 2.62. The number of hydrogen-bond acceptors (Lipinski definition) is 10. The van der Waals surface area contributed by atoms with Gasteiger partial charge in [0.25, 0.3) is 0 Å². The third kappa shape index (κ3) is 7.05. The van der Waals surface area contributed by atoms with Gasteiger partial charge in [0.15, 0.2) is 23.1 Å². The van der Waals surface area contributed by atoms with Gasteiger partial charge in [0.2, 0.25) is 0 Å². The van der Waals surface area contributed by atoms with Crippen LogP contribution in [0.3, 0.4) is 0 Å². The number of carbonyl (C=O) groups is 4. The Morgan fingerprint density at radius 2 is 1.33 bits per heavy atom. The first kappa shape index (κ1) is 29.0. The van der Waals surface area contributed by atoms with Crippen molar-refractivity contribution in [2.45, 2.75) is 31.7 Å². The van der Waals surface area contributed by atoms with Crippen molar-refractivity contribution >= 4 is 28.8 Å². The van der Waals surface area contributed by atoms with Crippen LogP contribution < -0.4 is 0 Å². The lowest BCUT2D eigenvalue weighted by molar-refractivity contribution is 0.0939. The molecule has 4 aromatic rings. The SMILES string of the molecule is CN1C(CC(=O)c2ccccn2)=C(CC(=O)c2ccccn2)N=C(CC(=O)c2cccnc2)C1CC(=O)c1ccncc1. The molecule has 5 heterocycles. The zero-order valence-corrected chi connectivity index (χ0v) is 23.5. The number of ketones is 4. The maximum atomic E-state index is 13.4. The topological polar surface area (TPSA) is 135 Å². The van der Waals surface area contributed by atoms with E-state index in [1.165, 1.54) is 31.0 Å². The van der Waals surface area contributed by atoms with E-state index in [0.29, 0.717) is 28.2 Å². The summed E-state index contributed by atoms with van der Waals surface area (Å²) in [6.45, 7) is 0. The molecule has 0 spiro atoms. The van der Waals surface area contributed by atoms with Gasteiger partial charge >= 0.3 is 0 Å². The Hall–Kier alpha value is -5.51. The highest BCUT2D eigenvalue weighted by molar-refractivity contribution is 6.13. The second-order valence-electron chi connectivity index (χ2n) is 9.96. The summed E-state index contributed by atoms with van der Waals surface area (Å²) < 4.78 is 0. The van der Waals surface area contributed by atoms with Crippen molar-refractivity contribution in [1.29, 1.82) is 0 Å². The van der Waals surface area contributed by atoms with Crippen molar-refractivity contribution in [3.63, 3.8) is 0 Å². The monoisotopic (exact) mass is 572 g/mol. The standard InChI is InChI=1S/C33H28N6O4/c1-39-28(19-31(41)22-10-15-34-16-11-22)26(17-30(40)23-7-6-12-35-21-23)38-27(18-32(42)24-8-2-4-13-36-24)29(39)20-33(43)25-9-3-5-14-37-25/h2-16,21,28H,17-20H2,1H3. The number of hydrogen-bond donors (Lipinski definition) is 0. The third-order valence-corrected chi connectivity index (χ3v) is 7.15. The van der Waals surface area contributed by atoms with Crippen molar-refractivity contribution in [2.75, 3.05) is 7.05 Å². The van der Waals surface area contributed by atoms with Crippen molar-refractivity contribution in [1.82, 2.24) is 24.8 Å². The van der Waals surface area contributed by atoms with Crippen LogP contribution in [0.4, 0.5) is 0 Å². The van der Waals surface area contributed by atoms with Gasteiger partial charge in [0.05, 0.1) is 31.0 Å². The summed E-state index contributed by atoms with van der Waals surface area (Å²) in [5.74, 6) is -0.969. The fourth-order valence-corrected chi connectivity index (χ4v) is 4.87. The fraction of sp³-hybridized carbons (Fsp3) is 0.182. The first-order valence-corrected chi connectivity index (χ1v) is 13.7. The third-order valence-electron chi connectivity index (χ3n) is 7.15. The van der Waals surface area contributed by atoms with Crippen LogP contribution >= 0.6 is 0 Å². The molecule has 10 heteroatoms. The highest BCUT2D eigenvalue weighted by Crippen LogP contribution is 2.31. The number of nitrogens with zero attached hydrogens (tertiary/aromatic N) is 6. The average Bonchev–Trinajstić information content (AvgIpc) is 3.06. The highest BCUT2D eigenvalue weighted by atomic mass is 16.1. The molecule has 43 heavy (non-hydrogen) atoms. The lowest BCUT2D eigenvalue weighted by Gasteiger charge is -2.37. The lowest BCUT2D eigenvalue weighted by atomic mass is 9.91. The zero-order valence-electron chi connectivity index (χ0n) is 23.5. The van der Waals surface area contributed by atoms with E-state index >= 15 is 0 Å². The molecular weight excluding hydrogens is 544 g/mol. The van der Waals surface area contributed by atoms with Gasteiger partial charge in [-0.15, -0.1) is 0 Å². The van der Waals surface area contributed by atoms with Crippen LogP contribution in [0, 0.1) is 0 Å². The Bertz CT molecular complexity index is 1690. The van der Waals surface area contributed by atoms with Gasteiger partial charge < -0.3 is 4.90 Å². The average molecular weight is 573 g/mol. The van der Waals surface area contributed by atoms with Crippen LogP contribution in [0.1, 0.15) is 67.4 Å². The van der Waals surface area contributed by atoms with Crippen molar-refractivity contribution in [3.05, 3.63) is 132 Å². The Morgan fingerprint density at radius 3 is 1.93 bits per heavy atom. The molecule has 1 aliphatic heterocycles. The molecule has 10 nitrogen and oxygen atoms in total. The number of aliphatic imine (C=N–C) groups is 1. The van der Waals surface area contributed by atoms with Gasteiger partial charge in [-0.2, -0.15) is 0 Å². The van der Waals surface area contributed by atoms with E-state index in [1.54, 1.807) is 78.8 Å². The fourth-order valence-electron chi connectivity index (χ4n) is 4.87. The molecule has 214 valence electrons. The van der Waals surface area contributed by atoms with Gasteiger partial charge in [-0.3, -0.25) is 44.1 Å². The summed E-state index contributed by atoms with van der Waals surface area (Å²) in [6, 6.07) is 16.0. The lowest BCUT2D eigenvalue weighted by Crippen LogP contribution is -2.44. The molecule has 4 aromatic heterocycles. The highest BCUT2D eigenvalue weighted by Gasteiger charge is 2.34. The van der Waals surface area contributed by atoms with Crippen LogP contribution in [-0.2, 0) is 0 Å². The minimum atomic E-state index is -0.651. The quantitative estimate of drug-likeness (QED) is 0.223. The number of Topliss-reactive ketones (excluding diaryl/α,β-unsaturated/α-hetero) is 4. The Morgan fingerprint density at radius 1 is 0.651 bits per heavy atom. The molecule has 5 rings (SSSR count). The van der Waals surface area contributed by atoms with Gasteiger partial charge in [-0.1, -0.05) is 12.1 Å². The Labute approximate surface area is 248 Å². The second-order valence-corrected chi connectivity index (χ2v) is 9.96. The summed E-state index contributed by atoms with van der Waals surface area (Å²) in [7, 11) is 1.75. The van der Waals surface area contributed by atoms with Gasteiger partial charge in [-0.25, -0.2) is 0 Å². The summed E-state index contributed by atoms with van der Waals surface area (Å²) in [5, 5.41) is 0. The molecule has 1 aliphatic rings. The van der Waals surface area contributed by atoms with Crippen LogP contribution in [0.2, 0.25) is 0 Å². The maximum Gasteiger partial charge on any atom is 0.187 e. The molecule has 1 unspecified atom stereocenters. The van der Waals surface area contributed by atoms with Crippen LogP contribution in [0.25, 0.3) is 0 Å². The Kier molecular flexibility index (Phi) is 9.06. The predicted octanol–water partition coefficient (Wildman–Crippen LogP) is 4.63. The van der Waals surface area contributed by atoms with E-state index in [2.05, 4.69) is 19.9 Å². The van der Waals surface area contributed by atoms with E-state index < -0.39 is 6.04 Å². The predicted molar refractivity (Wildman–Crippen MR) is 159 cm³/mol. The number of pyridine rings is 4. The Balaban J connectivity index is 1.56. The number of aromatic nitrogens is 4. The molecule has 0 saturated heterocycles. The smallest absolute Gasteiger partial charge is 0.187 e.